The van der Waals surface area contributed by atoms with Gasteiger partial charge in [0.25, 0.3) is 10.0 Å². The van der Waals surface area contributed by atoms with Gasteiger partial charge in [-0.25, -0.2) is 8.42 Å². The van der Waals surface area contributed by atoms with E-state index in [1.807, 2.05) is 37.3 Å². The monoisotopic (exact) mass is 553 g/mol. The van der Waals surface area contributed by atoms with Crippen molar-refractivity contribution in [1.82, 2.24) is 10.2 Å². The number of nitrogens with one attached hydrogen (secondary N) is 1. The molecule has 0 fully saturated rings. The summed E-state index contributed by atoms with van der Waals surface area (Å²) in [7, 11) is -1.25. The maximum absolute atomic E-state index is 13.9. The fourth-order valence-electron chi connectivity index (χ4n) is 3.99. The molecule has 2 amide bonds. The first kappa shape index (κ1) is 29.5. The van der Waals surface area contributed by atoms with Crippen LogP contribution in [-0.2, 0) is 26.2 Å². The molecule has 39 heavy (non-hydrogen) atoms. The van der Waals surface area contributed by atoms with Crippen LogP contribution in [-0.4, -0.2) is 58.5 Å². The summed E-state index contributed by atoms with van der Waals surface area (Å²) in [6.45, 7) is 3.64. The summed E-state index contributed by atoms with van der Waals surface area (Å²) in [5, 5.41) is 2.83. The zero-order chi connectivity index (χ0) is 28.4. The smallest absolute Gasteiger partial charge is 0.264 e. The van der Waals surface area contributed by atoms with Crippen molar-refractivity contribution in [3.8, 4) is 11.5 Å². The molecule has 1 atom stereocenters. The zero-order valence-electron chi connectivity index (χ0n) is 22.7. The Kier molecular flexibility index (Phi) is 10.3. The molecule has 1 unspecified atom stereocenters. The van der Waals surface area contributed by atoms with Crippen molar-refractivity contribution in [2.24, 2.45) is 0 Å². The number of sulfonamides is 1. The van der Waals surface area contributed by atoms with Crippen molar-refractivity contribution in [1.29, 1.82) is 0 Å². The van der Waals surface area contributed by atoms with Gasteiger partial charge in [0.05, 0.1) is 24.8 Å². The molecule has 0 bridgehead atoms. The van der Waals surface area contributed by atoms with Gasteiger partial charge in [0, 0.05) is 19.2 Å². The third kappa shape index (κ3) is 7.29. The van der Waals surface area contributed by atoms with Gasteiger partial charge in [-0.1, -0.05) is 55.5 Å². The number of carbonyl (C=O) groups is 2. The summed E-state index contributed by atoms with van der Waals surface area (Å²) in [5.74, 6) is -0.127. The van der Waals surface area contributed by atoms with E-state index in [0.717, 1.165) is 16.3 Å². The molecule has 0 heterocycles. The summed E-state index contributed by atoms with van der Waals surface area (Å²) in [4.78, 5) is 28.2. The Morgan fingerprint density at radius 3 is 2.10 bits per heavy atom. The molecule has 208 valence electrons. The highest BCUT2D eigenvalue weighted by Gasteiger charge is 2.32. The van der Waals surface area contributed by atoms with Crippen molar-refractivity contribution in [3.05, 3.63) is 84.4 Å². The minimum absolute atomic E-state index is 0.0240. The molecule has 3 rings (SSSR count). The molecule has 9 nitrogen and oxygen atoms in total. The molecule has 0 radical (unpaired) electrons. The Morgan fingerprint density at radius 2 is 1.51 bits per heavy atom. The predicted molar refractivity (Wildman–Crippen MR) is 150 cm³/mol. The molecule has 0 saturated carbocycles. The highest BCUT2D eigenvalue weighted by Crippen LogP contribution is 2.34. The lowest BCUT2D eigenvalue weighted by Gasteiger charge is -2.32. The average molecular weight is 554 g/mol. The molecular weight excluding hydrogens is 518 g/mol. The second-order valence-corrected chi connectivity index (χ2v) is 10.7. The number of hydrogen-bond donors (Lipinski definition) is 1. The second-order valence-electron chi connectivity index (χ2n) is 8.84. The van der Waals surface area contributed by atoms with Crippen LogP contribution in [0.1, 0.15) is 25.8 Å². The molecule has 0 aliphatic rings. The number of benzene rings is 3. The van der Waals surface area contributed by atoms with Gasteiger partial charge in [-0.2, -0.15) is 0 Å². The zero-order valence-corrected chi connectivity index (χ0v) is 23.5. The molecule has 3 aromatic carbocycles. The van der Waals surface area contributed by atoms with Crippen LogP contribution in [0.5, 0.6) is 11.5 Å². The van der Waals surface area contributed by atoms with Crippen molar-refractivity contribution >= 4 is 27.5 Å². The fourth-order valence-corrected chi connectivity index (χ4v) is 5.41. The normalized spacial score (nSPS) is 11.8. The SMILES string of the molecule is CCCNC(=O)C(C)N(Cc1ccccc1)C(=O)CN(c1ccc(OC)c(OC)c1)S(=O)(=O)c1ccccc1. The minimum atomic E-state index is -4.17. The molecule has 0 aromatic heterocycles. The molecule has 0 saturated heterocycles. The molecule has 10 heteroatoms. The van der Waals surface area contributed by atoms with Crippen molar-refractivity contribution in [3.63, 3.8) is 0 Å². The Balaban J connectivity index is 2.05. The largest absolute Gasteiger partial charge is 0.493 e. The maximum Gasteiger partial charge on any atom is 0.264 e. The lowest BCUT2D eigenvalue weighted by atomic mass is 10.1. The highest BCUT2D eigenvalue weighted by atomic mass is 32.2. The van der Waals surface area contributed by atoms with Gasteiger partial charge in [0.15, 0.2) is 11.5 Å². The van der Waals surface area contributed by atoms with Gasteiger partial charge in [-0.15, -0.1) is 0 Å². The Morgan fingerprint density at radius 1 is 0.897 bits per heavy atom. The number of anilines is 1. The van der Waals surface area contributed by atoms with Gasteiger partial charge in [0.2, 0.25) is 11.8 Å². The summed E-state index contributed by atoms with van der Waals surface area (Å²) in [6, 6.07) is 20.9. The molecule has 0 aliphatic heterocycles. The van der Waals surface area contributed by atoms with Crippen LogP contribution in [0.15, 0.2) is 83.8 Å². The third-order valence-corrected chi connectivity index (χ3v) is 7.97. The average Bonchev–Trinajstić information content (AvgIpc) is 2.97. The van der Waals surface area contributed by atoms with E-state index in [1.165, 1.54) is 37.3 Å². The number of rotatable bonds is 13. The third-order valence-electron chi connectivity index (χ3n) is 6.18. The molecule has 0 spiro atoms. The van der Waals surface area contributed by atoms with E-state index < -0.39 is 28.5 Å². The first-order chi connectivity index (χ1) is 18.7. The van der Waals surface area contributed by atoms with Gasteiger partial charge in [0.1, 0.15) is 12.6 Å². The molecule has 1 N–H and O–H groups in total. The molecule has 0 aliphatic carbocycles. The van der Waals surface area contributed by atoms with Gasteiger partial charge in [-0.3, -0.25) is 13.9 Å². The summed E-state index contributed by atoms with van der Waals surface area (Å²) >= 11 is 0. The lowest BCUT2D eigenvalue weighted by molar-refractivity contribution is -0.139. The van der Waals surface area contributed by atoms with E-state index in [0.29, 0.717) is 18.0 Å². The lowest BCUT2D eigenvalue weighted by Crippen LogP contribution is -2.51. The number of methoxy groups -OCH3 is 2. The highest BCUT2D eigenvalue weighted by molar-refractivity contribution is 7.92. The Labute approximate surface area is 230 Å². The quantitative estimate of drug-likeness (QED) is 0.345. The Bertz CT molecular complexity index is 1350. The van der Waals surface area contributed by atoms with Crippen LogP contribution in [0.4, 0.5) is 5.69 Å². The molecular formula is C29H35N3O6S. The number of amides is 2. The van der Waals surface area contributed by atoms with E-state index in [-0.39, 0.29) is 23.0 Å². The molecule has 3 aromatic rings. The first-order valence-electron chi connectivity index (χ1n) is 12.6. The fraction of sp³-hybridized carbons (Fsp3) is 0.310. The first-order valence-corrected chi connectivity index (χ1v) is 14.1. The second kappa shape index (κ2) is 13.7. The number of hydrogen-bond acceptors (Lipinski definition) is 6. The number of ether oxygens (including phenoxy) is 2. The van der Waals surface area contributed by atoms with Crippen LogP contribution in [0, 0.1) is 0 Å². The van der Waals surface area contributed by atoms with Crippen LogP contribution < -0.4 is 19.1 Å². The topological polar surface area (TPSA) is 105 Å². The van der Waals surface area contributed by atoms with Crippen molar-refractivity contribution < 1.29 is 27.5 Å². The minimum Gasteiger partial charge on any atom is -0.493 e. The van der Waals surface area contributed by atoms with E-state index in [1.54, 1.807) is 37.3 Å². The van der Waals surface area contributed by atoms with E-state index in [4.69, 9.17) is 9.47 Å². The van der Waals surface area contributed by atoms with Crippen LogP contribution in [0.3, 0.4) is 0 Å². The summed E-state index contributed by atoms with van der Waals surface area (Å²) in [5.41, 5.74) is 1.03. The standard InChI is InChI=1S/C29H35N3O6S/c1-5-18-30-29(34)22(2)31(20-23-12-8-6-9-13-23)28(33)21-32(39(35,36)25-14-10-7-11-15-25)24-16-17-26(37-3)27(19-24)38-4/h6-17,19,22H,5,18,20-21H2,1-4H3,(H,30,34). The van der Waals surface area contributed by atoms with Crippen molar-refractivity contribution in [2.75, 3.05) is 31.6 Å². The number of nitrogens with zero attached hydrogens (tertiary/aromatic N) is 2. The Hall–Kier alpha value is -4.05. The van der Waals surface area contributed by atoms with Crippen LogP contribution >= 0.6 is 0 Å². The summed E-state index contributed by atoms with van der Waals surface area (Å²) in [6.07, 6.45) is 0.744. The van der Waals surface area contributed by atoms with E-state index >= 15 is 0 Å². The van der Waals surface area contributed by atoms with Crippen molar-refractivity contribution in [2.45, 2.75) is 37.8 Å². The van der Waals surface area contributed by atoms with E-state index in [2.05, 4.69) is 5.32 Å². The summed E-state index contributed by atoms with van der Waals surface area (Å²) < 4.78 is 39.4. The van der Waals surface area contributed by atoms with Gasteiger partial charge in [-0.05, 0) is 43.2 Å². The number of carbonyl (C=O) groups excluding carboxylic acids is 2. The van der Waals surface area contributed by atoms with Gasteiger partial charge >= 0.3 is 0 Å². The van der Waals surface area contributed by atoms with Crippen LogP contribution in [0.25, 0.3) is 0 Å². The van der Waals surface area contributed by atoms with Crippen LogP contribution in [0.2, 0.25) is 0 Å². The predicted octanol–water partition coefficient (Wildman–Crippen LogP) is 3.84. The van der Waals surface area contributed by atoms with E-state index in [9.17, 15) is 18.0 Å². The van der Waals surface area contributed by atoms with Gasteiger partial charge < -0.3 is 19.7 Å². The maximum atomic E-state index is 13.9.